The van der Waals surface area contributed by atoms with Crippen molar-refractivity contribution in [2.45, 2.75) is 18.9 Å². The number of ether oxygens (including phenoxy) is 1. The van der Waals surface area contributed by atoms with E-state index >= 15 is 0 Å². The first-order valence-corrected chi connectivity index (χ1v) is 12.6. The van der Waals surface area contributed by atoms with Gasteiger partial charge in [-0.2, -0.15) is 0 Å². The largest absolute Gasteiger partial charge is 0.497 e. The lowest BCUT2D eigenvalue weighted by atomic mass is 9.98. The average molecular weight is 532 g/mol. The SMILES string of the molecule is COc1cccc(-c2c(NC(=O)/C=C/[C@H]3CCCN3C)ccc3ncnc(Nc4ccc(F)c(Cl)c4)c23)c1. The van der Waals surface area contributed by atoms with Crippen LogP contribution in [0.1, 0.15) is 12.8 Å². The molecule has 0 saturated carbocycles. The normalized spacial score (nSPS) is 15.7. The lowest BCUT2D eigenvalue weighted by molar-refractivity contribution is -0.111. The quantitative estimate of drug-likeness (QED) is 0.267. The number of fused-ring (bicyclic) bond motifs is 1. The summed E-state index contributed by atoms with van der Waals surface area (Å²) in [5.74, 6) is 0.404. The number of aromatic nitrogens is 2. The van der Waals surface area contributed by atoms with Crippen LogP contribution in [0, 0.1) is 5.82 Å². The van der Waals surface area contributed by atoms with E-state index in [0.717, 1.165) is 30.5 Å². The summed E-state index contributed by atoms with van der Waals surface area (Å²) in [6, 6.07) is 15.8. The van der Waals surface area contributed by atoms with Gasteiger partial charge in [0.2, 0.25) is 5.91 Å². The number of benzene rings is 3. The van der Waals surface area contributed by atoms with Crippen molar-refractivity contribution in [2.75, 3.05) is 31.3 Å². The van der Waals surface area contributed by atoms with Crippen LogP contribution in [0.3, 0.4) is 0 Å². The molecule has 1 atom stereocenters. The van der Waals surface area contributed by atoms with Crippen LogP contribution in [0.2, 0.25) is 5.02 Å². The number of rotatable bonds is 7. The zero-order valence-corrected chi connectivity index (χ0v) is 21.8. The molecule has 194 valence electrons. The Morgan fingerprint density at radius 2 is 2.05 bits per heavy atom. The molecular weight excluding hydrogens is 505 g/mol. The minimum atomic E-state index is -0.510. The fourth-order valence-corrected chi connectivity index (χ4v) is 4.87. The van der Waals surface area contributed by atoms with Crippen LogP contribution in [0.15, 0.2) is 73.1 Å². The van der Waals surface area contributed by atoms with Gasteiger partial charge in [0.25, 0.3) is 0 Å². The molecule has 2 heterocycles. The Kier molecular flexibility index (Phi) is 7.53. The zero-order valence-electron chi connectivity index (χ0n) is 21.0. The van der Waals surface area contributed by atoms with E-state index in [-0.39, 0.29) is 17.0 Å². The first kappa shape index (κ1) is 25.6. The monoisotopic (exact) mass is 531 g/mol. The molecule has 1 saturated heterocycles. The van der Waals surface area contributed by atoms with Crippen LogP contribution in [0.25, 0.3) is 22.0 Å². The highest BCUT2D eigenvalue weighted by Gasteiger charge is 2.20. The lowest BCUT2D eigenvalue weighted by Crippen LogP contribution is -2.23. The molecule has 1 fully saturated rings. The van der Waals surface area contributed by atoms with Crippen molar-refractivity contribution in [3.8, 4) is 16.9 Å². The number of hydrogen-bond acceptors (Lipinski definition) is 6. The van der Waals surface area contributed by atoms with Crippen LogP contribution in [0.4, 0.5) is 21.6 Å². The van der Waals surface area contributed by atoms with Gasteiger partial charge in [-0.25, -0.2) is 14.4 Å². The fourth-order valence-electron chi connectivity index (χ4n) is 4.69. The van der Waals surface area contributed by atoms with Gasteiger partial charge >= 0.3 is 0 Å². The lowest BCUT2D eigenvalue weighted by Gasteiger charge is -2.17. The molecule has 0 unspecified atom stereocenters. The number of carbonyl (C=O) groups is 1. The van der Waals surface area contributed by atoms with E-state index < -0.39 is 5.82 Å². The van der Waals surface area contributed by atoms with Gasteiger partial charge in [0.05, 0.1) is 23.0 Å². The number of carbonyl (C=O) groups excluding carboxylic acids is 1. The maximum atomic E-state index is 13.8. The molecule has 3 aromatic carbocycles. The number of methoxy groups -OCH3 is 1. The van der Waals surface area contributed by atoms with Gasteiger partial charge in [0.15, 0.2) is 0 Å². The number of likely N-dealkylation sites (N-methyl/N-ethyl adjacent to an activating group) is 1. The molecule has 1 aromatic heterocycles. The smallest absolute Gasteiger partial charge is 0.248 e. The van der Waals surface area contributed by atoms with Gasteiger partial charge in [-0.05, 0) is 74.5 Å². The Morgan fingerprint density at radius 1 is 1.18 bits per heavy atom. The highest BCUT2D eigenvalue weighted by molar-refractivity contribution is 6.31. The number of nitrogens with one attached hydrogen (secondary N) is 2. The molecule has 38 heavy (non-hydrogen) atoms. The van der Waals surface area contributed by atoms with Gasteiger partial charge < -0.3 is 15.4 Å². The van der Waals surface area contributed by atoms with Gasteiger partial charge in [-0.1, -0.05) is 29.8 Å². The number of nitrogens with zero attached hydrogens (tertiary/aromatic N) is 3. The summed E-state index contributed by atoms with van der Waals surface area (Å²) in [5.41, 5.74) is 3.34. The first-order chi connectivity index (χ1) is 18.4. The van der Waals surface area contributed by atoms with E-state index in [2.05, 4.69) is 32.5 Å². The topological polar surface area (TPSA) is 79.4 Å². The second-order valence-electron chi connectivity index (χ2n) is 9.13. The molecule has 1 aliphatic rings. The van der Waals surface area contributed by atoms with Crippen molar-refractivity contribution in [1.29, 1.82) is 0 Å². The minimum Gasteiger partial charge on any atom is -0.497 e. The molecule has 0 bridgehead atoms. The Hall–Kier alpha value is -4.01. The zero-order chi connectivity index (χ0) is 26.6. The summed E-state index contributed by atoms with van der Waals surface area (Å²) in [6.45, 7) is 1.02. The Balaban J connectivity index is 1.60. The second-order valence-corrected chi connectivity index (χ2v) is 9.54. The van der Waals surface area contributed by atoms with Crippen LogP contribution in [-0.2, 0) is 4.79 Å². The van der Waals surface area contributed by atoms with Crippen molar-refractivity contribution >= 4 is 45.6 Å². The number of hydrogen-bond donors (Lipinski definition) is 2. The summed E-state index contributed by atoms with van der Waals surface area (Å²) < 4.78 is 19.2. The number of amides is 1. The fraction of sp³-hybridized carbons (Fsp3) is 0.207. The Morgan fingerprint density at radius 3 is 2.82 bits per heavy atom. The average Bonchev–Trinajstić information content (AvgIpc) is 3.34. The number of likely N-dealkylation sites (tertiary alicyclic amines) is 1. The molecule has 0 spiro atoms. The first-order valence-electron chi connectivity index (χ1n) is 12.3. The third kappa shape index (κ3) is 5.46. The molecule has 0 radical (unpaired) electrons. The molecular formula is C29H27ClFN5O2. The third-order valence-corrected chi connectivity index (χ3v) is 6.94. The predicted octanol–water partition coefficient (Wildman–Crippen LogP) is 6.43. The maximum absolute atomic E-state index is 13.8. The van der Waals surface area contributed by atoms with E-state index in [1.54, 1.807) is 19.3 Å². The van der Waals surface area contributed by atoms with Crippen molar-refractivity contribution in [1.82, 2.24) is 14.9 Å². The predicted molar refractivity (Wildman–Crippen MR) is 150 cm³/mol. The van der Waals surface area contributed by atoms with Crippen LogP contribution in [-0.4, -0.2) is 47.5 Å². The summed E-state index contributed by atoms with van der Waals surface area (Å²) in [6.07, 6.45) is 7.14. The number of halogens is 2. The highest BCUT2D eigenvalue weighted by atomic mass is 35.5. The van der Waals surface area contributed by atoms with Crippen molar-refractivity contribution < 1.29 is 13.9 Å². The van der Waals surface area contributed by atoms with Gasteiger partial charge in [-0.3, -0.25) is 9.69 Å². The summed E-state index contributed by atoms with van der Waals surface area (Å²) in [4.78, 5) is 24.2. The molecule has 4 aromatic rings. The summed E-state index contributed by atoms with van der Waals surface area (Å²) in [5, 5.41) is 6.96. The van der Waals surface area contributed by atoms with E-state index in [9.17, 15) is 9.18 Å². The molecule has 1 aliphatic heterocycles. The standard InChI is InChI=1S/C29H27ClFN5O2/c1-36-14-4-6-20(36)9-13-26(37)35-25-12-11-24-28(27(25)18-5-3-7-21(15-18)38-2)29(33-17-32-24)34-19-8-10-23(31)22(30)16-19/h3,5,7-13,15-17,20H,4,6,14H2,1-2H3,(H,35,37)(H,32,33,34)/b13-9+/t20-/m1/s1. The Labute approximate surface area is 225 Å². The van der Waals surface area contributed by atoms with E-state index in [0.29, 0.717) is 33.8 Å². The highest BCUT2D eigenvalue weighted by Crippen LogP contribution is 2.40. The van der Waals surface area contributed by atoms with Gasteiger partial charge in [0, 0.05) is 29.1 Å². The third-order valence-electron chi connectivity index (χ3n) is 6.65. The van der Waals surface area contributed by atoms with E-state index in [1.807, 2.05) is 42.5 Å². The van der Waals surface area contributed by atoms with Gasteiger partial charge in [0.1, 0.15) is 23.7 Å². The second kappa shape index (κ2) is 11.2. The molecule has 0 aliphatic carbocycles. The van der Waals surface area contributed by atoms with Crippen LogP contribution < -0.4 is 15.4 Å². The summed E-state index contributed by atoms with van der Waals surface area (Å²) in [7, 11) is 3.66. The minimum absolute atomic E-state index is 0.00553. The molecule has 2 N–H and O–H groups in total. The summed E-state index contributed by atoms with van der Waals surface area (Å²) >= 11 is 6.01. The van der Waals surface area contributed by atoms with Crippen molar-refractivity contribution in [3.05, 3.63) is 83.9 Å². The van der Waals surface area contributed by atoms with Crippen molar-refractivity contribution in [2.24, 2.45) is 0 Å². The molecule has 7 nitrogen and oxygen atoms in total. The van der Waals surface area contributed by atoms with Crippen LogP contribution in [0.5, 0.6) is 5.75 Å². The Bertz CT molecular complexity index is 1530. The van der Waals surface area contributed by atoms with Crippen LogP contribution >= 0.6 is 11.6 Å². The van der Waals surface area contributed by atoms with E-state index in [4.69, 9.17) is 16.3 Å². The maximum Gasteiger partial charge on any atom is 0.248 e. The van der Waals surface area contributed by atoms with Gasteiger partial charge in [-0.15, -0.1) is 0 Å². The van der Waals surface area contributed by atoms with E-state index in [1.165, 1.54) is 18.5 Å². The number of anilines is 3. The van der Waals surface area contributed by atoms with Crippen molar-refractivity contribution in [3.63, 3.8) is 0 Å². The molecule has 1 amide bonds. The molecule has 5 rings (SSSR count). The molecule has 9 heteroatoms.